The van der Waals surface area contributed by atoms with E-state index in [-0.39, 0.29) is 0 Å². The van der Waals surface area contributed by atoms with Gasteiger partial charge in [0.1, 0.15) is 5.75 Å². The van der Waals surface area contributed by atoms with Crippen LogP contribution in [0.2, 0.25) is 0 Å². The van der Waals surface area contributed by atoms with E-state index in [1.807, 2.05) is 37.3 Å². The summed E-state index contributed by atoms with van der Waals surface area (Å²) in [5, 5.41) is 10.9. The molecule has 1 aromatic heterocycles. The molecule has 1 heterocycles. The van der Waals surface area contributed by atoms with Crippen molar-refractivity contribution in [2.75, 3.05) is 14.1 Å². The van der Waals surface area contributed by atoms with Crippen molar-refractivity contribution >= 4 is 10.9 Å². The molecular weight excluding hydrogens is 176 g/mol. The Morgan fingerprint density at radius 1 is 1.29 bits per heavy atom. The molecule has 0 spiro atoms. The van der Waals surface area contributed by atoms with E-state index in [4.69, 9.17) is 0 Å². The van der Waals surface area contributed by atoms with Gasteiger partial charge in [-0.05, 0) is 37.7 Å². The number of rotatable bonds is 2. The van der Waals surface area contributed by atoms with Gasteiger partial charge < -0.3 is 15.0 Å². The monoisotopic (exact) mass is 190 g/mol. The van der Waals surface area contributed by atoms with Gasteiger partial charge in [0, 0.05) is 18.3 Å². The Hall–Kier alpha value is -1.48. The Balaban J connectivity index is 2.58. The predicted octanol–water partition coefficient (Wildman–Crippen LogP) is 1.94. The van der Waals surface area contributed by atoms with Crippen molar-refractivity contribution in [3.63, 3.8) is 0 Å². The SMILES string of the molecule is CN(C)Cc1c(O)ccc2cc[nH]c12. The molecule has 0 amide bonds. The molecule has 2 aromatic rings. The van der Waals surface area contributed by atoms with E-state index in [0.29, 0.717) is 5.75 Å². The first-order valence-electron chi connectivity index (χ1n) is 4.61. The summed E-state index contributed by atoms with van der Waals surface area (Å²) < 4.78 is 0. The van der Waals surface area contributed by atoms with Crippen LogP contribution in [0.4, 0.5) is 0 Å². The lowest BCUT2D eigenvalue weighted by Gasteiger charge is -2.12. The molecule has 2 N–H and O–H groups in total. The van der Waals surface area contributed by atoms with Gasteiger partial charge >= 0.3 is 0 Å². The summed E-state index contributed by atoms with van der Waals surface area (Å²) in [7, 11) is 3.97. The van der Waals surface area contributed by atoms with E-state index in [9.17, 15) is 5.11 Å². The highest BCUT2D eigenvalue weighted by atomic mass is 16.3. The molecule has 0 bridgehead atoms. The first-order valence-corrected chi connectivity index (χ1v) is 4.61. The van der Waals surface area contributed by atoms with E-state index >= 15 is 0 Å². The van der Waals surface area contributed by atoms with Crippen LogP contribution in [-0.2, 0) is 6.54 Å². The summed E-state index contributed by atoms with van der Waals surface area (Å²) in [6.07, 6.45) is 1.89. The fourth-order valence-electron chi connectivity index (χ4n) is 1.66. The molecule has 0 radical (unpaired) electrons. The Labute approximate surface area is 83.0 Å². The number of H-pyrrole nitrogens is 1. The molecule has 1 aromatic carbocycles. The quantitative estimate of drug-likeness (QED) is 0.759. The number of aromatic nitrogens is 1. The van der Waals surface area contributed by atoms with E-state index in [0.717, 1.165) is 23.0 Å². The zero-order valence-corrected chi connectivity index (χ0v) is 8.41. The maximum Gasteiger partial charge on any atom is 0.122 e. The zero-order valence-electron chi connectivity index (χ0n) is 8.41. The molecule has 0 saturated carbocycles. The van der Waals surface area contributed by atoms with Crippen LogP contribution in [0.3, 0.4) is 0 Å². The van der Waals surface area contributed by atoms with Crippen molar-refractivity contribution in [2.24, 2.45) is 0 Å². The number of hydrogen-bond acceptors (Lipinski definition) is 2. The zero-order chi connectivity index (χ0) is 10.1. The van der Waals surface area contributed by atoms with E-state index < -0.39 is 0 Å². The smallest absolute Gasteiger partial charge is 0.122 e. The summed E-state index contributed by atoms with van der Waals surface area (Å²) >= 11 is 0. The average Bonchev–Trinajstić information content (AvgIpc) is 2.57. The predicted molar refractivity (Wildman–Crippen MR) is 57.4 cm³/mol. The van der Waals surface area contributed by atoms with Crippen LogP contribution in [0.25, 0.3) is 10.9 Å². The molecule has 0 atom stereocenters. The van der Waals surface area contributed by atoms with Gasteiger partial charge in [-0.3, -0.25) is 0 Å². The maximum atomic E-state index is 9.73. The normalized spacial score (nSPS) is 11.4. The van der Waals surface area contributed by atoms with Crippen LogP contribution >= 0.6 is 0 Å². The highest BCUT2D eigenvalue weighted by Crippen LogP contribution is 2.26. The Morgan fingerprint density at radius 3 is 2.79 bits per heavy atom. The number of aromatic hydroxyl groups is 1. The number of aromatic amines is 1. The number of phenols is 1. The number of hydrogen-bond donors (Lipinski definition) is 2. The third-order valence-corrected chi connectivity index (χ3v) is 2.29. The lowest BCUT2D eigenvalue weighted by atomic mass is 10.1. The average molecular weight is 190 g/mol. The number of nitrogens with zero attached hydrogens (tertiary/aromatic N) is 1. The molecule has 3 heteroatoms. The molecule has 2 rings (SSSR count). The van der Waals surface area contributed by atoms with Crippen molar-refractivity contribution in [3.05, 3.63) is 30.0 Å². The van der Waals surface area contributed by atoms with Crippen molar-refractivity contribution in [3.8, 4) is 5.75 Å². The fraction of sp³-hybridized carbons (Fsp3) is 0.273. The third-order valence-electron chi connectivity index (χ3n) is 2.29. The minimum Gasteiger partial charge on any atom is -0.508 e. The second-order valence-electron chi connectivity index (χ2n) is 3.74. The standard InChI is InChI=1S/C11H14N2O/c1-13(2)7-9-10(14)4-3-8-5-6-12-11(8)9/h3-6,12,14H,7H2,1-2H3. The first kappa shape index (κ1) is 9.09. The van der Waals surface area contributed by atoms with Crippen molar-refractivity contribution in [2.45, 2.75) is 6.54 Å². The summed E-state index contributed by atoms with van der Waals surface area (Å²) in [6.45, 7) is 0.740. The van der Waals surface area contributed by atoms with Gasteiger partial charge in [0.05, 0.1) is 5.52 Å². The molecule has 0 fully saturated rings. The Morgan fingerprint density at radius 2 is 2.07 bits per heavy atom. The summed E-state index contributed by atoms with van der Waals surface area (Å²) in [5.41, 5.74) is 1.98. The topological polar surface area (TPSA) is 39.3 Å². The molecule has 0 saturated heterocycles. The second-order valence-corrected chi connectivity index (χ2v) is 3.74. The second kappa shape index (κ2) is 3.35. The molecule has 0 aliphatic rings. The van der Waals surface area contributed by atoms with E-state index in [1.165, 1.54) is 0 Å². The van der Waals surface area contributed by atoms with Crippen molar-refractivity contribution in [1.29, 1.82) is 0 Å². The van der Waals surface area contributed by atoms with Crippen LogP contribution in [0, 0.1) is 0 Å². The number of phenolic OH excluding ortho intramolecular Hbond substituents is 1. The maximum absolute atomic E-state index is 9.73. The van der Waals surface area contributed by atoms with Gasteiger partial charge in [-0.25, -0.2) is 0 Å². The number of benzene rings is 1. The lowest BCUT2D eigenvalue weighted by molar-refractivity contribution is 0.387. The van der Waals surface area contributed by atoms with Gasteiger partial charge in [0.2, 0.25) is 0 Å². The summed E-state index contributed by atoms with van der Waals surface area (Å²) in [4.78, 5) is 5.18. The van der Waals surface area contributed by atoms with Crippen molar-refractivity contribution < 1.29 is 5.11 Å². The minimum absolute atomic E-state index is 0.355. The van der Waals surface area contributed by atoms with Gasteiger partial charge in [-0.1, -0.05) is 0 Å². The lowest BCUT2D eigenvalue weighted by Crippen LogP contribution is -2.11. The summed E-state index contributed by atoms with van der Waals surface area (Å²) in [6, 6.07) is 5.67. The van der Waals surface area contributed by atoms with E-state index in [2.05, 4.69) is 4.98 Å². The van der Waals surface area contributed by atoms with Crippen molar-refractivity contribution in [1.82, 2.24) is 9.88 Å². The van der Waals surface area contributed by atoms with Crippen LogP contribution in [0.1, 0.15) is 5.56 Å². The van der Waals surface area contributed by atoms with Gasteiger partial charge in [0.15, 0.2) is 0 Å². The number of nitrogens with one attached hydrogen (secondary N) is 1. The fourth-order valence-corrected chi connectivity index (χ4v) is 1.66. The Kier molecular flexibility index (Phi) is 2.17. The molecule has 0 aliphatic carbocycles. The minimum atomic E-state index is 0.355. The largest absolute Gasteiger partial charge is 0.508 e. The molecular formula is C11H14N2O. The van der Waals surface area contributed by atoms with Crippen LogP contribution < -0.4 is 0 Å². The molecule has 14 heavy (non-hydrogen) atoms. The molecule has 0 aliphatic heterocycles. The highest BCUT2D eigenvalue weighted by Gasteiger charge is 2.08. The van der Waals surface area contributed by atoms with Crippen LogP contribution in [-0.4, -0.2) is 29.1 Å². The van der Waals surface area contributed by atoms with Crippen LogP contribution in [0.15, 0.2) is 24.4 Å². The highest BCUT2D eigenvalue weighted by molar-refractivity contribution is 5.84. The molecule has 0 unspecified atom stereocenters. The van der Waals surface area contributed by atoms with Crippen LogP contribution in [0.5, 0.6) is 5.75 Å². The van der Waals surface area contributed by atoms with E-state index in [1.54, 1.807) is 6.07 Å². The van der Waals surface area contributed by atoms with Gasteiger partial charge in [-0.15, -0.1) is 0 Å². The molecule has 3 nitrogen and oxygen atoms in total. The van der Waals surface area contributed by atoms with Gasteiger partial charge in [0.25, 0.3) is 0 Å². The first-order chi connectivity index (χ1) is 6.68. The summed E-state index contributed by atoms with van der Waals surface area (Å²) in [5.74, 6) is 0.355. The molecule has 74 valence electrons. The Bertz CT molecular complexity index is 445. The third kappa shape index (κ3) is 1.46. The number of fused-ring (bicyclic) bond motifs is 1. The van der Waals surface area contributed by atoms with Gasteiger partial charge in [-0.2, -0.15) is 0 Å².